The molecule has 0 saturated heterocycles. The lowest BCUT2D eigenvalue weighted by molar-refractivity contribution is -0.115. The van der Waals surface area contributed by atoms with Gasteiger partial charge in [-0.15, -0.1) is 0 Å². The zero-order valence-electron chi connectivity index (χ0n) is 11.6. The molecule has 7 heteroatoms. The molecule has 0 bridgehead atoms. The first-order chi connectivity index (χ1) is 10.0. The highest BCUT2D eigenvalue weighted by molar-refractivity contribution is 6.32. The van der Waals surface area contributed by atoms with Gasteiger partial charge in [-0.3, -0.25) is 4.79 Å². The minimum Gasteiger partial charge on any atom is -0.462 e. The van der Waals surface area contributed by atoms with E-state index in [2.05, 4.69) is 15.3 Å². The van der Waals surface area contributed by atoms with Crippen molar-refractivity contribution >= 4 is 40.3 Å². The maximum Gasteiger partial charge on any atom is 0.341 e. The van der Waals surface area contributed by atoms with Crippen LogP contribution in [0.25, 0.3) is 11.0 Å². The summed E-state index contributed by atoms with van der Waals surface area (Å²) in [5.74, 6) is -0.279. The van der Waals surface area contributed by atoms with Crippen molar-refractivity contribution in [3.05, 3.63) is 28.9 Å². The normalized spacial score (nSPS) is 10.4. The van der Waals surface area contributed by atoms with E-state index >= 15 is 0 Å². The highest BCUT2D eigenvalue weighted by Crippen LogP contribution is 2.21. The molecule has 2 rings (SSSR count). The summed E-state index contributed by atoms with van der Waals surface area (Å²) in [7, 11) is 0. The maximum atomic E-state index is 11.7. The van der Waals surface area contributed by atoms with Gasteiger partial charge >= 0.3 is 5.97 Å². The summed E-state index contributed by atoms with van der Waals surface area (Å²) in [6.07, 6.45) is 0.357. The number of amides is 1. The maximum absolute atomic E-state index is 11.7. The van der Waals surface area contributed by atoms with Gasteiger partial charge < -0.3 is 10.1 Å². The summed E-state index contributed by atoms with van der Waals surface area (Å²) in [6.45, 7) is 3.72. The van der Waals surface area contributed by atoms with Crippen LogP contribution in [0.4, 0.5) is 5.82 Å². The number of pyridine rings is 2. The number of hydrogen-bond donors (Lipinski definition) is 1. The fraction of sp³-hybridized carbons (Fsp3) is 0.286. The second-order valence-corrected chi connectivity index (χ2v) is 4.55. The minimum atomic E-state index is -0.528. The van der Waals surface area contributed by atoms with Gasteiger partial charge in [0.2, 0.25) is 5.91 Å². The molecule has 0 unspecified atom stereocenters. The van der Waals surface area contributed by atoms with E-state index in [0.717, 1.165) is 0 Å². The van der Waals surface area contributed by atoms with Gasteiger partial charge in [0.25, 0.3) is 0 Å². The van der Waals surface area contributed by atoms with E-state index in [1.165, 1.54) is 0 Å². The largest absolute Gasteiger partial charge is 0.462 e. The molecular weight excluding hydrogens is 294 g/mol. The fourth-order valence-electron chi connectivity index (χ4n) is 1.68. The van der Waals surface area contributed by atoms with E-state index in [1.807, 2.05) is 0 Å². The lowest BCUT2D eigenvalue weighted by Crippen LogP contribution is -2.11. The number of esters is 1. The predicted molar refractivity (Wildman–Crippen MR) is 79.4 cm³/mol. The van der Waals surface area contributed by atoms with E-state index in [9.17, 15) is 9.59 Å². The number of aromatic nitrogens is 2. The average molecular weight is 308 g/mol. The molecule has 0 aliphatic heterocycles. The van der Waals surface area contributed by atoms with Gasteiger partial charge in [0.05, 0.1) is 12.2 Å². The Balaban J connectivity index is 2.40. The number of nitrogens with one attached hydrogen (secondary N) is 1. The van der Waals surface area contributed by atoms with Crippen molar-refractivity contribution < 1.29 is 14.3 Å². The van der Waals surface area contributed by atoms with Gasteiger partial charge in [-0.1, -0.05) is 18.5 Å². The van der Waals surface area contributed by atoms with Crippen LogP contribution in [-0.2, 0) is 9.53 Å². The van der Waals surface area contributed by atoms with Gasteiger partial charge in [0, 0.05) is 11.8 Å². The number of carbonyl (C=O) groups excluding carboxylic acids is 2. The topological polar surface area (TPSA) is 81.2 Å². The zero-order chi connectivity index (χ0) is 15.4. The van der Waals surface area contributed by atoms with Crippen LogP contribution in [0.1, 0.15) is 30.6 Å². The van der Waals surface area contributed by atoms with Crippen LogP contribution in [0.3, 0.4) is 0 Å². The summed E-state index contributed by atoms with van der Waals surface area (Å²) in [5, 5.41) is 3.29. The second-order valence-electron chi connectivity index (χ2n) is 4.19. The molecule has 1 amide bonds. The molecule has 21 heavy (non-hydrogen) atoms. The second kappa shape index (κ2) is 6.49. The summed E-state index contributed by atoms with van der Waals surface area (Å²) < 4.78 is 4.91. The Kier molecular flexibility index (Phi) is 4.70. The van der Waals surface area contributed by atoms with Crippen LogP contribution < -0.4 is 5.32 Å². The number of hydrogen-bond acceptors (Lipinski definition) is 5. The Morgan fingerprint density at radius 3 is 2.71 bits per heavy atom. The molecule has 110 valence electrons. The number of nitrogens with zero attached hydrogens (tertiary/aromatic N) is 2. The molecule has 1 N–H and O–H groups in total. The Bertz CT molecular complexity index is 703. The Labute approximate surface area is 126 Å². The van der Waals surface area contributed by atoms with E-state index < -0.39 is 5.97 Å². The van der Waals surface area contributed by atoms with Crippen molar-refractivity contribution in [1.29, 1.82) is 0 Å². The van der Waals surface area contributed by atoms with Crippen LogP contribution in [-0.4, -0.2) is 28.5 Å². The molecule has 0 aliphatic rings. The predicted octanol–water partition coefficient (Wildman–Crippen LogP) is 2.81. The lowest BCUT2D eigenvalue weighted by atomic mass is 10.2. The van der Waals surface area contributed by atoms with Gasteiger partial charge in [0.15, 0.2) is 5.65 Å². The van der Waals surface area contributed by atoms with Crippen molar-refractivity contribution in [3.8, 4) is 0 Å². The monoisotopic (exact) mass is 307 g/mol. The van der Waals surface area contributed by atoms with Gasteiger partial charge in [-0.05, 0) is 25.1 Å². The number of rotatable bonds is 4. The molecule has 6 nitrogen and oxygen atoms in total. The summed E-state index contributed by atoms with van der Waals surface area (Å²) in [6, 6.07) is 4.92. The summed E-state index contributed by atoms with van der Waals surface area (Å²) in [4.78, 5) is 31.3. The van der Waals surface area contributed by atoms with Gasteiger partial charge in [0.1, 0.15) is 11.0 Å². The molecule has 2 aromatic rings. The molecule has 0 atom stereocenters. The number of fused-ring (bicyclic) bond motifs is 1. The zero-order valence-corrected chi connectivity index (χ0v) is 12.4. The highest BCUT2D eigenvalue weighted by atomic mass is 35.5. The SMILES string of the molecule is CCOC(=O)c1cc2ccc(NC(=O)CC)nc2nc1Cl. The first-order valence-electron chi connectivity index (χ1n) is 6.49. The lowest BCUT2D eigenvalue weighted by Gasteiger charge is -2.07. The van der Waals surface area contributed by atoms with Crippen LogP contribution >= 0.6 is 11.6 Å². The van der Waals surface area contributed by atoms with Gasteiger partial charge in [-0.25, -0.2) is 14.8 Å². The Morgan fingerprint density at radius 2 is 2.05 bits per heavy atom. The van der Waals surface area contributed by atoms with Crippen LogP contribution in [0.2, 0.25) is 5.15 Å². The van der Waals surface area contributed by atoms with Crippen LogP contribution in [0.15, 0.2) is 18.2 Å². The molecule has 0 aliphatic carbocycles. The molecule has 2 heterocycles. The van der Waals surface area contributed by atoms with Gasteiger partial charge in [-0.2, -0.15) is 0 Å². The first-order valence-corrected chi connectivity index (χ1v) is 6.87. The van der Waals surface area contributed by atoms with E-state index in [0.29, 0.717) is 23.3 Å². The van der Waals surface area contributed by atoms with E-state index in [1.54, 1.807) is 32.0 Å². The van der Waals surface area contributed by atoms with Crippen LogP contribution in [0.5, 0.6) is 0 Å². The fourth-order valence-corrected chi connectivity index (χ4v) is 1.89. The smallest absolute Gasteiger partial charge is 0.341 e. The van der Waals surface area contributed by atoms with Crippen LogP contribution in [0, 0.1) is 0 Å². The highest BCUT2D eigenvalue weighted by Gasteiger charge is 2.15. The summed E-state index contributed by atoms with van der Waals surface area (Å²) in [5.41, 5.74) is 0.542. The molecule has 0 fully saturated rings. The molecule has 0 saturated carbocycles. The van der Waals surface area contributed by atoms with E-state index in [-0.39, 0.29) is 23.2 Å². The molecule has 0 spiro atoms. The van der Waals surface area contributed by atoms with Crippen molar-refractivity contribution in [1.82, 2.24) is 9.97 Å². The Hall–Kier alpha value is -2.21. The van der Waals surface area contributed by atoms with Crippen molar-refractivity contribution in [2.75, 3.05) is 11.9 Å². The number of halogens is 1. The van der Waals surface area contributed by atoms with Crippen molar-refractivity contribution in [2.24, 2.45) is 0 Å². The van der Waals surface area contributed by atoms with Crippen molar-refractivity contribution in [3.63, 3.8) is 0 Å². The quantitative estimate of drug-likeness (QED) is 0.694. The van der Waals surface area contributed by atoms with Crippen molar-refractivity contribution in [2.45, 2.75) is 20.3 Å². The Morgan fingerprint density at radius 1 is 1.29 bits per heavy atom. The average Bonchev–Trinajstić information content (AvgIpc) is 2.46. The number of anilines is 1. The minimum absolute atomic E-state index is 0.0208. The standard InChI is InChI=1S/C14H14ClN3O3/c1-3-11(19)16-10-6-5-8-7-9(14(20)21-4-2)12(15)18-13(8)17-10/h5-7H,3-4H2,1-2H3,(H,16,17,18,19). The number of ether oxygens (including phenoxy) is 1. The van der Waals surface area contributed by atoms with E-state index in [4.69, 9.17) is 16.3 Å². The molecule has 0 radical (unpaired) electrons. The summed E-state index contributed by atoms with van der Waals surface area (Å²) >= 11 is 5.98. The number of carbonyl (C=O) groups is 2. The first kappa shape index (κ1) is 15.2. The third-order valence-electron chi connectivity index (χ3n) is 2.72. The third-order valence-corrected chi connectivity index (χ3v) is 3.00. The molecule has 2 aromatic heterocycles. The third kappa shape index (κ3) is 3.46. The molecule has 0 aromatic carbocycles. The molecular formula is C14H14ClN3O3.